The summed E-state index contributed by atoms with van der Waals surface area (Å²) in [6, 6.07) is 21.7. The molecule has 50 heavy (non-hydrogen) atoms. The highest BCUT2D eigenvalue weighted by molar-refractivity contribution is 6.02. The number of aliphatic hydroxyl groups excluding tert-OH is 1. The number of hydrogen-bond acceptors (Lipinski definition) is 8. The first-order chi connectivity index (χ1) is 24.2. The van der Waals surface area contributed by atoms with Crippen LogP contribution < -0.4 is 20.1 Å². The number of nitrogens with one attached hydrogen (secondary N) is 3. The van der Waals surface area contributed by atoms with Gasteiger partial charge in [0.1, 0.15) is 23.1 Å². The summed E-state index contributed by atoms with van der Waals surface area (Å²) in [6.45, 7) is 3.32. The van der Waals surface area contributed by atoms with Gasteiger partial charge in [-0.15, -0.1) is 0 Å². The number of nitrogens with zero attached hydrogens (tertiary/aromatic N) is 2. The molecule has 5 aromatic rings. The van der Waals surface area contributed by atoms with Crippen molar-refractivity contribution in [2.45, 2.75) is 45.3 Å². The average molecular weight is 680 g/mol. The number of methoxy groups -OCH3 is 1. The minimum absolute atomic E-state index is 0.136. The van der Waals surface area contributed by atoms with Gasteiger partial charge in [-0.1, -0.05) is 59.8 Å². The highest BCUT2D eigenvalue weighted by Gasteiger charge is 2.30. The number of aromatic amines is 1. The number of para-hydroxylation sites is 1. The number of aryl methyl sites for hydroxylation is 1. The third-order valence-electron chi connectivity index (χ3n) is 8.84. The number of H-pyrrole nitrogens is 1. The molecule has 3 amide bonds. The van der Waals surface area contributed by atoms with E-state index in [-0.39, 0.29) is 31.8 Å². The van der Waals surface area contributed by atoms with Crippen LogP contribution in [0.3, 0.4) is 0 Å². The van der Waals surface area contributed by atoms with E-state index < -0.39 is 29.9 Å². The van der Waals surface area contributed by atoms with Crippen LogP contribution in [-0.2, 0) is 22.4 Å². The lowest BCUT2D eigenvalue weighted by atomic mass is 10.0. The monoisotopic (exact) mass is 679 g/mol. The van der Waals surface area contributed by atoms with Crippen molar-refractivity contribution in [3.05, 3.63) is 101 Å². The molecule has 0 aliphatic carbocycles. The first kappa shape index (κ1) is 34.3. The topological polar surface area (TPSA) is 159 Å². The van der Waals surface area contributed by atoms with Gasteiger partial charge >= 0.3 is 0 Å². The molecule has 0 unspecified atom stereocenters. The third-order valence-corrected chi connectivity index (χ3v) is 8.84. The molecule has 2 atom stereocenters. The van der Waals surface area contributed by atoms with E-state index in [4.69, 9.17) is 14.0 Å². The van der Waals surface area contributed by atoms with E-state index in [1.54, 1.807) is 14.0 Å². The van der Waals surface area contributed by atoms with Crippen LogP contribution in [0.5, 0.6) is 11.5 Å². The van der Waals surface area contributed by atoms with E-state index in [1.165, 1.54) is 11.8 Å². The van der Waals surface area contributed by atoms with Crippen LogP contribution in [0.4, 0.5) is 0 Å². The van der Waals surface area contributed by atoms with Crippen molar-refractivity contribution in [2.75, 3.05) is 33.4 Å². The van der Waals surface area contributed by atoms with Crippen molar-refractivity contribution < 1.29 is 33.5 Å². The SMILES string of the molecule is COc1ccc2cc1OCCCN(C(=O)c1c(-c3ccccc3)noc1C)CC(=O)N[C@@H]([C@@H](C)O)C(=O)NCCc1c([nH]c3ccccc13)C2. The van der Waals surface area contributed by atoms with Gasteiger partial charge < -0.3 is 39.6 Å². The molecule has 0 saturated carbocycles. The maximum atomic E-state index is 14.1. The number of rotatable bonds is 4. The Morgan fingerprint density at radius 2 is 1.86 bits per heavy atom. The number of aromatic nitrogens is 2. The predicted octanol–water partition coefficient (Wildman–Crippen LogP) is 4.18. The largest absolute Gasteiger partial charge is 0.493 e. The molecule has 2 aromatic heterocycles. The molecule has 0 fully saturated rings. The second-order valence-electron chi connectivity index (χ2n) is 12.4. The van der Waals surface area contributed by atoms with Crippen molar-refractivity contribution in [3.63, 3.8) is 0 Å². The molecule has 260 valence electrons. The van der Waals surface area contributed by atoms with Gasteiger partial charge in [0, 0.05) is 41.7 Å². The lowest BCUT2D eigenvalue weighted by molar-refractivity contribution is -0.131. The van der Waals surface area contributed by atoms with Crippen LogP contribution >= 0.6 is 0 Å². The summed E-state index contributed by atoms with van der Waals surface area (Å²) in [4.78, 5) is 45.9. The summed E-state index contributed by atoms with van der Waals surface area (Å²) in [7, 11) is 1.58. The van der Waals surface area contributed by atoms with Crippen molar-refractivity contribution in [1.82, 2.24) is 25.7 Å². The van der Waals surface area contributed by atoms with Gasteiger partial charge in [0.15, 0.2) is 11.5 Å². The Hall–Kier alpha value is -5.62. The lowest BCUT2D eigenvalue weighted by Gasteiger charge is -2.25. The Bertz CT molecular complexity index is 1980. The predicted molar refractivity (Wildman–Crippen MR) is 187 cm³/mol. The highest BCUT2D eigenvalue weighted by Crippen LogP contribution is 2.31. The maximum absolute atomic E-state index is 14.1. The van der Waals surface area contributed by atoms with E-state index in [1.807, 2.05) is 72.8 Å². The molecule has 2 bridgehead atoms. The minimum atomic E-state index is -1.24. The summed E-state index contributed by atoms with van der Waals surface area (Å²) in [6.07, 6.45) is 0.258. The number of fused-ring (bicyclic) bond motifs is 5. The smallest absolute Gasteiger partial charge is 0.260 e. The normalized spacial score (nSPS) is 17.0. The molecular weight excluding hydrogens is 638 g/mol. The van der Waals surface area contributed by atoms with Gasteiger partial charge in [0.05, 0.1) is 26.4 Å². The maximum Gasteiger partial charge on any atom is 0.260 e. The van der Waals surface area contributed by atoms with Gasteiger partial charge in [-0.2, -0.15) is 0 Å². The van der Waals surface area contributed by atoms with Gasteiger partial charge in [-0.3, -0.25) is 14.4 Å². The molecular formula is C38H41N5O7. The number of carbonyl (C=O) groups excluding carboxylic acids is 3. The van der Waals surface area contributed by atoms with Crippen LogP contribution in [0, 0.1) is 6.92 Å². The van der Waals surface area contributed by atoms with Crippen molar-refractivity contribution in [1.29, 1.82) is 0 Å². The number of amides is 3. The van der Waals surface area contributed by atoms with Gasteiger partial charge in [0.2, 0.25) is 11.8 Å². The molecule has 6 rings (SSSR count). The molecule has 12 nitrogen and oxygen atoms in total. The second-order valence-corrected chi connectivity index (χ2v) is 12.4. The number of benzene rings is 3. The first-order valence-corrected chi connectivity index (χ1v) is 16.7. The van der Waals surface area contributed by atoms with Gasteiger partial charge in [0.25, 0.3) is 5.91 Å². The minimum Gasteiger partial charge on any atom is -0.493 e. The fourth-order valence-electron chi connectivity index (χ4n) is 6.32. The fourth-order valence-corrected chi connectivity index (χ4v) is 6.32. The molecule has 0 saturated heterocycles. The molecule has 12 heteroatoms. The van der Waals surface area contributed by atoms with Crippen LogP contribution in [0.2, 0.25) is 0 Å². The molecule has 1 aliphatic heterocycles. The van der Waals surface area contributed by atoms with Gasteiger partial charge in [-0.05, 0) is 56.0 Å². The Balaban J connectivity index is 1.31. The Morgan fingerprint density at radius 3 is 2.64 bits per heavy atom. The molecule has 3 heterocycles. The number of aliphatic hydroxyl groups is 1. The van der Waals surface area contributed by atoms with E-state index in [9.17, 15) is 19.5 Å². The Kier molecular flexibility index (Phi) is 10.5. The summed E-state index contributed by atoms with van der Waals surface area (Å²) < 4.78 is 17.3. The Morgan fingerprint density at radius 1 is 1.08 bits per heavy atom. The molecule has 0 spiro atoms. The third kappa shape index (κ3) is 7.50. The van der Waals surface area contributed by atoms with Gasteiger partial charge in [-0.25, -0.2) is 0 Å². The first-order valence-electron chi connectivity index (χ1n) is 16.7. The van der Waals surface area contributed by atoms with E-state index in [2.05, 4.69) is 20.8 Å². The second kappa shape index (κ2) is 15.3. The van der Waals surface area contributed by atoms with Crippen LogP contribution in [-0.4, -0.2) is 83.4 Å². The van der Waals surface area contributed by atoms with Crippen molar-refractivity contribution in [3.8, 4) is 22.8 Å². The summed E-state index contributed by atoms with van der Waals surface area (Å²) in [5, 5.41) is 21.3. The zero-order valence-corrected chi connectivity index (χ0v) is 28.3. The summed E-state index contributed by atoms with van der Waals surface area (Å²) in [5.41, 5.74) is 5.33. The number of ether oxygens (including phenoxy) is 2. The van der Waals surface area contributed by atoms with Crippen LogP contribution in [0.1, 0.15) is 46.3 Å². The van der Waals surface area contributed by atoms with Crippen molar-refractivity contribution >= 4 is 28.6 Å². The summed E-state index contributed by atoms with van der Waals surface area (Å²) >= 11 is 0. The zero-order chi connectivity index (χ0) is 35.2. The summed E-state index contributed by atoms with van der Waals surface area (Å²) in [5.74, 6) is -0.161. The van der Waals surface area contributed by atoms with Crippen LogP contribution in [0.25, 0.3) is 22.2 Å². The fraction of sp³-hybridized carbons (Fsp3) is 0.316. The lowest BCUT2D eigenvalue weighted by Crippen LogP contribution is -2.55. The Labute approximate surface area is 289 Å². The van der Waals surface area contributed by atoms with E-state index in [0.717, 1.165) is 27.7 Å². The molecule has 1 aliphatic rings. The standard InChI is InChI=1S/C38H41N5O7/c1-23(44)35-37(46)39-17-16-28-27-12-7-8-13-29(27)40-30(28)20-25-14-15-31(48-3)32(21-25)49-19-9-18-43(22-33(45)41-35)38(47)34-24(2)50-42-36(34)26-10-5-4-6-11-26/h4-8,10-15,21,23,35,40,44H,9,16-20,22H2,1-3H3,(H,39,46)(H,41,45)/t23-,35+/m1/s1. The number of carbonyl (C=O) groups is 3. The highest BCUT2D eigenvalue weighted by atomic mass is 16.5. The molecule has 0 radical (unpaired) electrons. The molecule has 3 aromatic carbocycles. The molecule has 4 N–H and O–H groups in total. The zero-order valence-electron chi connectivity index (χ0n) is 28.3. The quantitative estimate of drug-likeness (QED) is 0.220. The van der Waals surface area contributed by atoms with E-state index in [0.29, 0.717) is 47.8 Å². The number of hydrogen-bond donors (Lipinski definition) is 4. The van der Waals surface area contributed by atoms with Crippen molar-refractivity contribution in [2.24, 2.45) is 0 Å². The van der Waals surface area contributed by atoms with E-state index >= 15 is 0 Å². The van der Waals surface area contributed by atoms with Crippen LogP contribution in [0.15, 0.2) is 77.3 Å². The average Bonchev–Trinajstić information content (AvgIpc) is 3.67.